The first-order valence-corrected chi connectivity index (χ1v) is 7.39. The van der Waals surface area contributed by atoms with Crippen LogP contribution in [0.1, 0.15) is 51.0 Å². The number of hydrogen-bond donors (Lipinski definition) is 1. The van der Waals surface area contributed by atoms with Gasteiger partial charge in [-0.05, 0) is 25.8 Å². The fourth-order valence-electron chi connectivity index (χ4n) is 2.37. The van der Waals surface area contributed by atoms with Crippen LogP contribution in [0.5, 0.6) is 0 Å². The molecule has 110 valence electrons. The largest absolute Gasteiger partial charge is 0.309 e. The van der Waals surface area contributed by atoms with Crippen molar-refractivity contribution in [2.45, 2.75) is 46.1 Å². The fraction of sp³-hybridized carbons (Fsp3) is 0.643. The van der Waals surface area contributed by atoms with Crippen molar-refractivity contribution in [3.05, 3.63) is 23.7 Å². The summed E-state index contributed by atoms with van der Waals surface area (Å²) in [6, 6.07) is 2.22. The van der Waals surface area contributed by atoms with E-state index in [2.05, 4.69) is 41.5 Å². The Morgan fingerprint density at radius 3 is 2.65 bits per heavy atom. The van der Waals surface area contributed by atoms with Gasteiger partial charge in [-0.15, -0.1) is 5.10 Å². The maximum Gasteiger partial charge on any atom is 0.177 e. The Hall–Kier alpha value is -1.69. The predicted molar refractivity (Wildman–Crippen MR) is 78.8 cm³/mol. The van der Waals surface area contributed by atoms with E-state index in [9.17, 15) is 0 Å². The summed E-state index contributed by atoms with van der Waals surface area (Å²) >= 11 is 0. The Bertz CT molecular complexity index is 542. The molecule has 2 aromatic rings. The Balaban J connectivity index is 2.33. The Kier molecular flexibility index (Phi) is 4.89. The standard InChI is InChI=1S/C14H24N6/c1-5-9-15-11(6-2)14-12(7-3)20(18-16-14)13-8-10-19(4)17-13/h8,10-11,15H,5-7,9H2,1-4H3. The van der Waals surface area contributed by atoms with E-state index in [-0.39, 0.29) is 6.04 Å². The molecule has 0 aromatic carbocycles. The first-order chi connectivity index (χ1) is 9.71. The van der Waals surface area contributed by atoms with Crippen LogP contribution in [0.15, 0.2) is 12.3 Å². The van der Waals surface area contributed by atoms with Gasteiger partial charge >= 0.3 is 0 Å². The SMILES string of the molecule is CCCNC(CC)c1nnn(-c2ccn(C)n2)c1CC. The zero-order chi connectivity index (χ0) is 14.5. The summed E-state index contributed by atoms with van der Waals surface area (Å²) in [6.07, 6.45) is 4.94. The molecule has 1 unspecified atom stereocenters. The van der Waals surface area contributed by atoms with E-state index in [1.165, 1.54) is 0 Å². The molecule has 0 spiro atoms. The molecule has 6 nitrogen and oxygen atoms in total. The summed E-state index contributed by atoms with van der Waals surface area (Å²) in [7, 11) is 1.91. The van der Waals surface area contributed by atoms with Crippen molar-refractivity contribution >= 4 is 0 Å². The first kappa shape index (κ1) is 14.7. The molecular weight excluding hydrogens is 252 g/mol. The second kappa shape index (κ2) is 6.65. The topological polar surface area (TPSA) is 60.6 Å². The molecule has 0 saturated carbocycles. The lowest BCUT2D eigenvalue weighted by molar-refractivity contribution is 0.503. The second-order valence-corrected chi connectivity index (χ2v) is 4.95. The number of aryl methyl sites for hydroxylation is 1. The molecule has 6 heteroatoms. The maximum absolute atomic E-state index is 4.41. The summed E-state index contributed by atoms with van der Waals surface area (Å²) in [6.45, 7) is 7.48. The number of aromatic nitrogens is 5. The van der Waals surface area contributed by atoms with E-state index < -0.39 is 0 Å². The smallest absolute Gasteiger partial charge is 0.177 e. The third-order valence-corrected chi connectivity index (χ3v) is 3.42. The van der Waals surface area contributed by atoms with Crippen molar-refractivity contribution in [2.75, 3.05) is 6.54 Å². The molecule has 0 aliphatic heterocycles. The number of rotatable bonds is 7. The quantitative estimate of drug-likeness (QED) is 0.840. The van der Waals surface area contributed by atoms with Crippen LogP contribution in [0.2, 0.25) is 0 Å². The van der Waals surface area contributed by atoms with Crippen LogP contribution in [0.4, 0.5) is 0 Å². The van der Waals surface area contributed by atoms with Gasteiger partial charge < -0.3 is 5.32 Å². The average Bonchev–Trinajstić information content (AvgIpc) is 3.05. The van der Waals surface area contributed by atoms with Crippen LogP contribution in [0, 0.1) is 0 Å². The van der Waals surface area contributed by atoms with Crippen LogP contribution < -0.4 is 5.32 Å². The monoisotopic (exact) mass is 276 g/mol. The van der Waals surface area contributed by atoms with E-state index >= 15 is 0 Å². The highest BCUT2D eigenvalue weighted by atomic mass is 15.5. The highest BCUT2D eigenvalue weighted by molar-refractivity contribution is 5.26. The van der Waals surface area contributed by atoms with Gasteiger partial charge in [-0.3, -0.25) is 4.68 Å². The molecule has 0 radical (unpaired) electrons. The summed E-state index contributed by atoms with van der Waals surface area (Å²) in [5.41, 5.74) is 2.19. The van der Waals surface area contributed by atoms with Gasteiger partial charge in [0.1, 0.15) is 5.69 Å². The van der Waals surface area contributed by atoms with Crippen molar-refractivity contribution in [1.82, 2.24) is 30.1 Å². The second-order valence-electron chi connectivity index (χ2n) is 4.95. The summed E-state index contributed by atoms with van der Waals surface area (Å²) in [5, 5.41) is 16.6. The molecule has 1 N–H and O–H groups in total. The van der Waals surface area contributed by atoms with Crippen molar-refractivity contribution in [2.24, 2.45) is 7.05 Å². The van der Waals surface area contributed by atoms with E-state index in [0.717, 1.165) is 43.0 Å². The van der Waals surface area contributed by atoms with Crippen molar-refractivity contribution in [1.29, 1.82) is 0 Å². The van der Waals surface area contributed by atoms with E-state index in [0.29, 0.717) is 0 Å². The zero-order valence-corrected chi connectivity index (χ0v) is 12.8. The van der Waals surface area contributed by atoms with Gasteiger partial charge in [0.05, 0.1) is 11.7 Å². The molecule has 0 saturated heterocycles. The van der Waals surface area contributed by atoms with Gasteiger partial charge in [-0.25, -0.2) is 0 Å². The summed E-state index contributed by atoms with van der Waals surface area (Å²) in [4.78, 5) is 0. The molecule has 0 bridgehead atoms. The minimum absolute atomic E-state index is 0.266. The molecule has 0 amide bonds. The van der Waals surface area contributed by atoms with Crippen LogP contribution in [-0.2, 0) is 13.5 Å². The van der Waals surface area contributed by atoms with Gasteiger partial charge in [0.25, 0.3) is 0 Å². The maximum atomic E-state index is 4.41. The minimum atomic E-state index is 0.266. The van der Waals surface area contributed by atoms with Gasteiger partial charge in [0, 0.05) is 19.3 Å². The normalized spacial score (nSPS) is 12.8. The molecular formula is C14H24N6. The molecule has 20 heavy (non-hydrogen) atoms. The summed E-state index contributed by atoms with van der Waals surface area (Å²) < 4.78 is 3.63. The lowest BCUT2D eigenvalue weighted by Gasteiger charge is -2.15. The number of nitrogens with one attached hydrogen (secondary N) is 1. The number of hydrogen-bond acceptors (Lipinski definition) is 4. The first-order valence-electron chi connectivity index (χ1n) is 7.39. The van der Waals surface area contributed by atoms with Crippen molar-refractivity contribution < 1.29 is 0 Å². The van der Waals surface area contributed by atoms with Crippen LogP contribution in [-0.4, -0.2) is 31.3 Å². The van der Waals surface area contributed by atoms with Crippen LogP contribution in [0.3, 0.4) is 0 Å². The van der Waals surface area contributed by atoms with Crippen LogP contribution in [0.25, 0.3) is 5.82 Å². The Morgan fingerprint density at radius 2 is 2.10 bits per heavy atom. The molecule has 2 heterocycles. The minimum Gasteiger partial charge on any atom is -0.309 e. The van der Waals surface area contributed by atoms with E-state index in [1.54, 1.807) is 4.68 Å². The summed E-state index contributed by atoms with van der Waals surface area (Å²) in [5.74, 6) is 0.827. The fourth-order valence-corrected chi connectivity index (χ4v) is 2.37. The molecule has 0 aliphatic rings. The molecule has 2 rings (SSSR count). The molecule has 0 aliphatic carbocycles. The van der Waals surface area contributed by atoms with Gasteiger partial charge in [0.15, 0.2) is 5.82 Å². The van der Waals surface area contributed by atoms with Gasteiger partial charge in [-0.2, -0.15) is 9.78 Å². The third kappa shape index (κ3) is 2.90. The number of nitrogens with zero attached hydrogens (tertiary/aromatic N) is 5. The van der Waals surface area contributed by atoms with Crippen molar-refractivity contribution in [3.63, 3.8) is 0 Å². The van der Waals surface area contributed by atoms with Crippen molar-refractivity contribution in [3.8, 4) is 5.82 Å². The van der Waals surface area contributed by atoms with E-state index in [1.807, 2.05) is 24.0 Å². The highest BCUT2D eigenvalue weighted by Gasteiger charge is 2.20. The lowest BCUT2D eigenvalue weighted by Crippen LogP contribution is -2.23. The molecule has 0 fully saturated rings. The van der Waals surface area contributed by atoms with Gasteiger partial charge in [0.2, 0.25) is 0 Å². The average molecular weight is 276 g/mol. The Morgan fingerprint density at radius 1 is 1.30 bits per heavy atom. The zero-order valence-electron chi connectivity index (χ0n) is 12.8. The highest BCUT2D eigenvalue weighted by Crippen LogP contribution is 2.21. The predicted octanol–water partition coefficient (Wildman–Crippen LogP) is 2.01. The molecule has 2 aromatic heterocycles. The van der Waals surface area contributed by atoms with Gasteiger partial charge in [-0.1, -0.05) is 26.0 Å². The van der Waals surface area contributed by atoms with Crippen LogP contribution >= 0.6 is 0 Å². The van der Waals surface area contributed by atoms with E-state index in [4.69, 9.17) is 0 Å². The molecule has 1 atom stereocenters. The lowest BCUT2D eigenvalue weighted by atomic mass is 10.1. The third-order valence-electron chi connectivity index (χ3n) is 3.42. The Labute approximate surface area is 120 Å².